The molecule has 27 heavy (non-hydrogen) atoms. The molecule has 0 aliphatic carbocycles. The standard InChI is InChI=1S/C19H24N2O6/c1-10(6-8-14(22)23)5-7-12-16(21-19(25)20-3)15-13(9-27-18(15)24)11(2)17(12)26-4/h5H,6-9H2,1-4H3,(H,22,23)(H2,20,21,25)/b10-5+. The molecule has 1 aliphatic heterocycles. The average Bonchev–Trinajstić information content (AvgIpc) is 3.02. The molecule has 1 aromatic carbocycles. The van der Waals surface area contributed by atoms with Crippen LogP contribution in [0.25, 0.3) is 0 Å². The number of rotatable bonds is 7. The number of hydrogen-bond donors (Lipinski definition) is 3. The Balaban J connectivity index is 2.53. The smallest absolute Gasteiger partial charge is 0.341 e. The minimum atomic E-state index is -0.863. The highest BCUT2D eigenvalue weighted by Crippen LogP contribution is 2.41. The Morgan fingerprint density at radius 2 is 2.04 bits per heavy atom. The molecule has 0 atom stereocenters. The van der Waals surface area contributed by atoms with E-state index in [1.165, 1.54) is 14.2 Å². The van der Waals surface area contributed by atoms with Crippen LogP contribution in [0, 0.1) is 6.92 Å². The molecule has 0 saturated carbocycles. The fourth-order valence-electron chi connectivity index (χ4n) is 3.05. The predicted molar refractivity (Wildman–Crippen MR) is 99.3 cm³/mol. The molecule has 2 amide bonds. The van der Waals surface area contributed by atoms with Crippen molar-refractivity contribution < 1.29 is 29.0 Å². The Hall–Kier alpha value is -3.03. The second kappa shape index (κ2) is 8.57. The van der Waals surface area contributed by atoms with Crippen molar-refractivity contribution in [3.63, 3.8) is 0 Å². The van der Waals surface area contributed by atoms with Gasteiger partial charge in [0, 0.05) is 24.6 Å². The van der Waals surface area contributed by atoms with E-state index >= 15 is 0 Å². The van der Waals surface area contributed by atoms with Crippen LogP contribution < -0.4 is 15.4 Å². The van der Waals surface area contributed by atoms with Crippen molar-refractivity contribution in [2.45, 2.75) is 39.7 Å². The van der Waals surface area contributed by atoms with Crippen molar-refractivity contribution >= 4 is 23.7 Å². The van der Waals surface area contributed by atoms with E-state index in [-0.39, 0.29) is 13.0 Å². The highest BCUT2D eigenvalue weighted by Gasteiger charge is 2.32. The van der Waals surface area contributed by atoms with E-state index in [1.807, 2.05) is 19.9 Å². The summed E-state index contributed by atoms with van der Waals surface area (Å²) in [6, 6.07) is -0.462. The Morgan fingerprint density at radius 3 is 2.63 bits per heavy atom. The van der Waals surface area contributed by atoms with Gasteiger partial charge < -0.3 is 25.2 Å². The molecular formula is C19H24N2O6. The molecule has 8 heteroatoms. The highest BCUT2D eigenvalue weighted by atomic mass is 16.5. The zero-order valence-electron chi connectivity index (χ0n) is 15.9. The van der Waals surface area contributed by atoms with Crippen molar-refractivity contribution in [1.29, 1.82) is 0 Å². The van der Waals surface area contributed by atoms with Gasteiger partial charge in [0.05, 0.1) is 18.4 Å². The number of amides is 2. The van der Waals surface area contributed by atoms with Crippen molar-refractivity contribution in [2.24, 2.45) is 0 Å². The number of methoxy groups -OCH3 is 1. The minimum absolute atomic E-state index is 0.0400. The summed E-state index contributed by atoms with van der Waals surface area (Å²) in [6.07, 6.45) is 2.71. The van der Waals surface area contributed by atoms with Crippen LogP contribution in [-0.4, -0.2) is 37.2 Å². The number of benzene rings is 1. The maximum atomic E-state index is 12.3. The topological polar surface area (TPSA) is 114 Å². The highest BCUT2D eigenvalue weighted by molar-refractivity contribution is 6.05. The van der Waals surface area contributed by atoms with Crippen molar-refractivity contribution in [3.05, 3.63) is 33.9 Å². The lowest BCUT2D eigenvalue weighted by molar-refractivity contribution is -0.136. The second-order valence-electron chi connectivity index (χ2n) is 6.29. The third-order valence-electron chi connectivity index (χ3n) is 4.53. The molecule has 0 bridgehead atoms. The number of cyclic esters (lactones) is 1. The van der Waals surface area contributed by atoms with E-state index in [0.717, 1.165) is 11.1 Å². The Bertz CT molecular complexity index is 813. The van der Waals surface area contributed by atoms with E-state index in [1.54, 1.807) is 0 Å². The van der Waals surface area contributed by atoms with E-state index in [2.05, 4.69) is 10.6 Å². The third kappa shape index (κ3) is 4.39. The van der Waals surface area contributed by atoms with Crippen molar-refractivity contribution in [1.82, 2.24) is 5.32 Å². The quantitative estimate of drug-likeness (QED) is 0.498. The molecule has 8 nitrogen and oxygen atoms in total. The van der Waals surface area contributed by atoms with Gasteiger partial charge in [-0.1, -0.05) is 11.6 Å². The molecule has 3 N–H and O–H groups in total. The molecule has 0 fully saturated rings. The first-order chi connectivity index (χ1) is 12.8. The summed E-state index contributed by atoms with van der Waals surface area (Å²) >= 11 is 0. The Morgan fingerprint density at radius 1 is 1.33 bits per heavy atom. The first-order valence-corrected chi connectivity index (χ1v) is 8.55. The van der Waals surface area contributed by atoms with Gasteiger partial charge in [0.2, 0.25) is 0 Å². The van der Waals surface area contributed by atoms with Crippen molar-refractivity contribution in [2.75, 3.05) is 19.5 Å². The Labute approximate surface area is 157 Å². The normalized spacial score (nSPS) is 13.0. The second-order valence-corrected chi connectivity index (χ2v) is 6.29. The summed E-state index contributed by atoms with van der Waals surface area (Å²) < 4.78 is 10.7. The Kier molecular flexibility index (Phi) is 6.44. The van der Waals surface area contributed by atoms with E-state index in [4.69, 9.17) is 14.6 Å². The van der Waals surface area contributed by atoms with Crippen LogP contribution in [0.5, 0.6) is 5.75 Å². The number of anilines is 1. The maximum absolute atomic E-state index is 12.3. The monoisotopic (exact) mass is 376 g/mol. The van der Waals surface area contributed by atoms with E-state index in [0.29, 0.717) is 41.0 Å². The number of carboxylic acids is 1. The number of allylic oxidation sites excluding steroid dienone is 2. The van der Waals surface area contributed by atoms with Gasteiger partial charge in [-0.3, -0.25) is 4.79 Å². The van der Waals surface area contributed by atoms with Gasteiger partial charge in [-0.15, -0.1) is 0 Å². The zero-order chi connectivity index (χ0) is 20.1. The summed E-state index contributed by atoms with van der Waals surface area (Å²) in [5.41, 5.74) is 3.71. The third-order valence-corrected chi connectivity index (χ3v) is 4.53. The number of carbonyl (C=O) groups is 3. The lowest BCUT2D eigenvalue weighted by Crippen LogP contribution is -2.26. The fraction of sp³-hybridized carbons (Fsp3) is 0.421. The van der Waals surface area contributed by atoms with E-state index in [9.17, 15) is 14.4 Å². The largest absolute Gasteiger partial charge is 0.496 e. The lowest BCUT2D eigenvalue weighted by Gasteiger charge is -2.19. The number of nitrogens with one attached hydrogen (secondary N) is 2. The fourth-order valence-corrected chi connectivity index (χ4v) is 3.05. The van der Waals surface area contributed by atoms with Crippen LogP contribution in [0.15, 0.2) is 11.6 Å². The van der Waals surface area contributed by atoms with Gasteiger partial charge in [-0.05, 0) is 32.3 Å². The molecule has 0 radical (unpaired) electrons. The number of urea groups is 1. The molecule has 0 aromatic heterocycles. The molecular weight excluding hydrogens is 352 g/mol. The van der Waals surface area contributed by atoms with Gasteiger partial charge in [0.25, 0.3) is 0 Å². The molecule has 1 heterocycles. The summed E-state index contributed by atoms with van der Waals surface area (Å²) in [6.45, 7) is 3.82. The van der Waals surface area contributed by atoms with Gasteiger partial charge >= 0.3 is 18.0 Å². The molecule has 1 aromatic rings. The number of carbonyl (C=O) groups excluding carboxylic acids is 2. The molecule has 0 saturated heterocycles. The molecule has 0 unspecified atom stereocenters. The van der Waals surface area contributed by atoms with Crippen molar-refractivity contribution in [3.8, 4) is 5.75 Å². The van der Waals surface area contributed by atoms with Crippen LogP contribution >= 0.6 is 0 Å². The minimum Gasteiger partial charge on any atom is -0.496 e. The van der Waals surface area contributed by atoms with E-state index < -0.39 is 18.0 Å². The molecule has 1 aliphatic rings. The molecule has 0 spiro atoms. The SMILES string of the molecule is CNC(=O)Nc1c(C/C=C(\C)CCC(=O)O)c(OC)c(C)c2c1C(=O)OC2. The van der Waals surface area contributed by atoms with Gasteiger partial charge in [0.1, 0.15) is 12.4 Å². The number of carboxylic acid groups (broad SMARTS) is 1. The van der Waals surface area contributed by atoms with Crippen LogP contribution in [-0.2, 0) is 22.6 Å². The summed E-state index contributed by atoms with van der Waals surface area (Å²) in [7, 11) is 3.01. The van der Waals surface area contributed by atoms with Crippen LogP contribution in [0.1, 0.15) is 46.8 Å². The number of esters is 1. The van der Waals surface area contributed by atoms with Gasteiger partial charge in [-0.25, -0.2) is 9.59 Å². The van der Waals surface area contributed by atoms with Gasteiger partial charge in [-0.2, -0.15) is 0 Å². The average molecular weight is 376 g/mol. The first-order valence-electron chi connectivity index (χ1n) is 8.55. The number of fused-ring (bicyclic) bond motifs is 1. The molecule has 2 rings (SSSR count). The first kappa shape index (κ1) is 20.3. The number of aliphatic carboxylic acids is 1. The number of ether oxygens (including phenoxy) is 2. The summed E-state index contributed by atoms with van der Waals surface area (Å²) in [4.78, 5) is 34.9. The van der Waals surface area contributed by atoms with Crippen LogP contribution in [0.3, 0.4) is 0 Å². The molecule has 146 valence electrons. The number of hydrogen-bond acceptors (Lipinski definition) is 5. The summed E-state index contributed by atoms with van der Waals surface area (Å²) in [5.74, 6) is -0.783. The lowest BCUT2D eigenvalue weighted by atomic mass is 9.93. The van der Waals surface area contributed by atoms with Gasteiger partial charge in [0.15, 0.2) is 0 Å². The summed E-state index contributed by atoms with van der Waals surface area (Å²) in [5, 5.41) is 14.0. The van der Waals surface area contributed by atoms with Crippen LogP contribution in [0.2, 0.25) is 0 Å². The predicted octanol–water partition coefficient (Wildman–Crippen LogP) is 2.78. The zero-order valence-corrected chi connectivity index (χ0v) is 15.9. The van der Waals surface area contributed by atoms with Crippen LogP contribution in [0.4, 0.5) is 10.5 Å². The maximum Gasteiger partial charge on any atom is 0.341 e.